The highest BCUT2D eigenvalue weighted by Gasteiger charge is 2.23. The Morgan fingerprint density at radius 2 is 1.97 bits per heavy atom. The van der Waals surface area contributed by atoms with Crippen LogP contribution in [-0.4, -0.2) is 51.8 Å². The molecule has 3 heterocycles. The van der Waals surface area contributed by atoms with E-state index in [-0.39, 0.29) is 11.9 Å². The molecule has 0 radical (unpaired) electrons. The molecule has 35 heavy (non-hydrogen) atoms. The van der Waals surface area contributed by atoms with Crippen LogP contribution in [0.15, 0.2) is 52.1 Å². The number of hydrogen-bond donors (Lipinski definition) is 0. The largest absolute Gasteiger partial charge is 0.497 e. The van der Waals surface area contributed by atoms with Crippen molar-refractivity contribution in [1.82, 2.24) is 24.9 Å². The van der Waals surface area contributed by atoms with Crippen molar-refractivity contribution in [3.05, 3.63) is 54.2 Å². The zero-order valence-electron chi connectivity index (χ0n) is 19.3. The maximum atomic E-state index is 13.5. The molecule has 1 fully saturated rings. The summed E-state index contributed by atoms with van der Waals surface area (Å²) in [5.41, 5.74) is 1.49. The first-order valence-electron chi connectivity index (χ1n) is 11.1. The molecule has 11 heteroatoms. The molecule has 0 spiro atoms. The normalized spacial score (nSPS) is 15.5. The average molecular weight is 498 g/mol. The van der Waals surface area contributed by atoms with E-state index in [2.05, 4.69) is 20.3 Å². The number of halogens is 1. The summed E-state index contributed by atoms with van der Waals surface area (Å²) >= 11 is 1.44. The van der Waals surface area contributed by atoms with E-state index in [1.807, 2.05) is 16.7 Å². The molecule has 9 nitrogen and oxygen atoms in total. The molecule has 4 aromatic rings. The fourth-order valence-electron chi connectivity index (χ4n) is 3.90. The van der Waals surface area contributed by atoms with E-state index in [9.17, 15) is 4.39 Å². The fourth-order valence-corrected chi connectivity index (χ4v) is 4.68. The minimum absolute atomic E-state index is 0.0853. The molecule has 0 N–H and O–H groups in total. The molecule has 0 unspecified atom stereocenters. The van der Waals surface area contributed by atoms with Crippen LogP contribution < -0.4 is 9.47 Å². The molecule has 2 aromatic heterocycles. The lowest BCUT2D eigenvalue weighted by atomic mass is 10.2. The van der Waals surface area contributed by atoms with Crippen LogP contribution in [-0.2, 0) is 17.0 Å². The van der Waals surface area contributed by atoms with Crippen LogP contribution in [0.1, 0.15) is 18.7 Å². The molecule has 0 bridgehead atoms. The lowest BCUT2D eigenvalue weighted by Gasteiger charge is -2.14. The van der Waals surface area contributed by atoms with Gasteiger partial charge in [0.1, 0.15) is 17.3 Å². The van der Waals surface area contributed by atoms with E-state index < -0.39 is 0 Å². The predicted octanol–water partition coefficient (Wildman–Crippen LogP) is 4.62. The molecule has 0 amide bonds. The molecule has 1 saturated heterocycles. The van der Waals surface area contributed by atoms with E-state index in [0.717, 1.165) is 25.0 Å². The number of benzene rings is 2. The van der Waals surface area contributed by atoms with Gasteiger partial charge in [-0.3, -0.25) is 4.57 Å². The Kier molecular flexibility index (Phi) is 6.96. The van der Waals surface area contributed by atoms with Gasteiger partial charge in [-0.05, 0) is 49.2 Å². The molecular weight excluding hydrogens is 473 g/mol. The summed E-state index contributed by atoms with van der Waals surface area (Å²) in [6.07, 6.45) is 2.09. The first-order valence-corrected chi connectivity index (χ1v) is 12.1. The second-order valence-electron chi connectivity index (χ2n) is 7.93. The van der Waals surface area contributed by atoms with Gasteiger partial charge in [0.05, 0.1) is 38.2 Å². The summed E-state index contributed by atoms with van der Waals surface area (Å²) in [6, 6.07) is 11.6. The lowest BCUT2D eigenvalue weighted by Crippen LogP contribution is -2.16. The quantitative estimate of drug-likeness (QED) is 0.307. The van der Waals surface area contributed by atoms with Crippen LogP contribution in [0, 0.1) is 5.82 Å². The second kappa shape index (κ2) is 10.4. The Morgan fingerprint density at radius 1 is 1.11 bits per heavy atom. The predicted molar refractivity (Wildman–Crippen MR) is 127 cm³/mol. The van der Waals surface area contributed by atoms with E-state index in [1.165, 1.54) is 23.9 Å². The molecule has 182 valence electrons. The molecule has 1 atom stereocenters. The molecule has 0 aliphatic carbocycles. The third-order valence-electron chi connectivity index (χ3n) is 5.67. The van der Waals surface area contributed by atoms with Crippen molar-refractivity contribution in [2.75, 3.05) is 20.8 Å². The van der Waals surface area contributed by atoms with Crippen LogP contribution in [0.25, 0.3) is 22.8 Å². The smallest absolute Gasteiger partial charge is 0.237 e. The van der Waals surface area contributed by atoms with Gasteiger partial charge in [0, 0.05) is 18.2 Å². The second-order valence-corrected chi connectivity index (χ2v) is 8.87. The van der Waals surface area contributed by atoms with Crippen molar-refractivity contribution in [2.45, 2.75) is 36.4 Å². The maximum Gasteiger partial charge on any atom is 0.237 e. The summed E-state index contributed by atoms with van der Waals surface area (Å²) in [6.45, 7) is 1.36. The summed E-state index contributed by atoms with van der Waals surface area (Å²) < 4.78 is 37.5. The molecule has 1 aliphatic rings. The Labute approximate surface area is 205 Å². The van der Waals surface area contributed by atoms with Crippen molar-refractivity contribution >= 4 is 11.8 Å². The van der Waals surface area contributed by atoms with Crippen molar-refractivity contribution in [3.8, 4) is 34.3 Å². The average Bonchev–Trinajstić information content (AvgIpc) is 3.65. The zero-order valence-corrected chi connectivity index (χ0v) is 20.1. The number of methoxy groups -OCH3 is 2. The Morgan fingerprint density at radius 3 is 2.71 bits per heavy atom. The minimum Gasteiger partial charge on any atom is -0.497 e. The monoisotopic (exact) mass is 497 g/mol. The highest BCUT2D eigenvalue weighted by atomic mass is 32.2. The van der Waals surface area contributed by atoms with Gasteiger partial charge in [-0.15, -0.1) is 10.2 Å². The standard InChI is InChI=1S/C24H24FN5O4S/c1-31-17-9-10-19(20(12-17)32-2)22-26-21(34-29-22)14-35-24-28-27-23(15-5-7-16(25)8-6-15)30(24)13-18-4-3-11-33-18/h5-10,12,18H,3-4,11,13-14H2,1-2H3/t18-/m0/s1. The van der Waals surface area contributed by atoms with Gasteiger partial charge in [0.15, 0.2) is 11.0 Å². The van der Waals surface area contributed by atoms with E-state index in [4.69, 9.17) is 18.7 Å². The number of aromatic nitrogens is 5. The van der Waals surface area contributed by atoms with Gasteiger partial charge >= 0.3 is 0 Å². The molecule has 5 rings (SSSR count). The van der Waals surface area contributed by atoms with Crippen molar-refractivity contribution in [3.63, 3.8) is 0 Å². The number of nitrogens with zero attached hydrogens (tertiary/aromatic N) is 5. The minimum atomic E-state index is -0.297. The zero-order chi connectivity index (χ0) is 24.2. The fraction of sp³-hybridized carbons (Fsp3) is 0.333. The number of thioether (sulfide) groups is 1. The van der Waals surface area contributed by atoms with Gasteiger partial charge in [0.25, 0.3) is 0 Å². The van der Waals surface area contributed by atoms with Crippen molar-refractivity contribution in [1.29, 1.82) is 0 Å². The lowest BCUT2D eigenvalue weighted by molar-refractivity contribution is 0.0953. The first-order chi connectivity index (χ1) is 17.1. The summed E-state index contributed by atoms with van der Waals surface area (Å²) in [5, 5.41) is 13.6. The topological polar surface area (TPSA) is 97.3 Å². The number of ether oxygens (including phenoxy) is 3. The van der Waals surface area contributed by atoms with Gasteiger partial charge < -0.3 is 18.7 Å². The summed E-state index contributed by atoms with van der Waals surface area (Å²) in [5.74, 6) is 2.90. The Bertz CT molecular complexity index is 1290. The van der Waals surface area contributed by atoms with Crippen LogP contribution in [0.5, 0.6) is 11.5 Å². The van der Waals surface area contributed by atoms with E-state index in [0.29, 0.717) is 52.1 Å². The maximum absolute atomic E-state index is 13.5. The third-order valence-corrected chi connectivity index (χ3v) is 6.62. The van der Waals surface area contributed by atoms with Gasteiger partial charge in [-0.1, -0.05) is 16.9 Å². The SMILES string of the molecule is COc1ccc(-c2noc(CSc3nnc(-c4ccc(F)cc4)n3C[C@@H]3CCCO3)n2)c(OC)c1. The Hall–Kier alpha value is -3.44. The van der Waals surface area contributed by atoms with Crippen LogP contribution in [0.4, 0.5) is 4.39 Å². The van der Waals surface area contributed by atoms with Gasteiger partial charge in [-0.25, -0.2) is 4.39 Å². The molecule has 0 saturated carbocycles. The van der Waals surface area contributed by atoms with Gasteiger partial charge in [-0.2, -0.15) is 4.98 Å². The van der Waals surface area contributed by atoms with E-state index >= 15 is 0 Å². The van der Waals surface area contributed by atoms with Crippen LogP contribution >= 0.6 is 11.8 Å². The summed E-state index contributed by atoms with van der Waals surface area (Å²) in [4.78, 5) is 4.52. The van der Waals surface area contributed by atoms with Crippen LogP contribution in [0.2, 0.25) is 0 Å². The summed E-state index contributed by atoms with van der Waals surface area (Å²) in [7, 11) is 3.17. The third kappa shape index (κ3) is 5.15. The first kappa shape index (κ1) is 23.3. The van der Waals surface area contributed by atoms with Crippen LogP contribution in [0.3, 0.4) is 0 Å². The van der Waals surface area contributed by atoms with Crippen molar-refractivity contribution in [2.24, 2.45) is 0 Å². The van der Waals surface area contributed by atoms with Crippen molar-refractivity contribution < 1.29 is 23.1 Å². The van der Waals surface area contributed by atoms with E-state index in [1.54, 1.807) is 32.4 Å². The molecule has 1 aliphatic heterocycles. The molecule has 2 aromatic carbocycles. The highest BCUT2D eigenvalue weighted by molar-refractivity contribution is 7.98. The molecular formula is C24H24FN5O4S. The highest BCUT2D eigenvalue weighted by Crippen LogP contribution is 2.33. The number of rotatable bonds is 9. The number of hydrogen-bond acceptors (Lipinski definition) is 9. The van der Waals surface area contributed by atoms with Gasteiger partial charge in [0.2, 0.25) is 11.7 Å². The Balaban J connectivity index is 1.36.